The van der Waals surface area contributed by atoms with Crippen LogP contribution in [-0.4, -0.2) is 48.8 Å². The first kappa shape index (κ1) is 12.0. The molecule has 0 aromatic rings. The maximum atomic E-state index is 11.8. The molecular formula is C11H19N3O3. The molecule has 0 bridgehead atoms. The van der Waals surface area contributed by atoms with Crippen LogP contribution in [0, 0.1) is 0 Å². The SMILES string of the molecule is CCNC(=O)N1CCCC2(CCOC(=O)N2)C1. The van der Waals surface area contributed by atoms with E-state index in [4.69, 9.17) is 4.74 Å². The number of alkyl carbamates (subject to hydrolysis) is 1. The highest BCUT2D eigenvalue weighted by Gasteiger charge is 2.40. The Morgan fingerprint density at radius 3 is 3.12 bits per heavy atom. The second-order valence-corrected chi connectivity index (χ2v) is 4.65. The first-order valence-electron chi connectivity index (χ1n) is 6.13. The van der Waals surface area contributed by atoms with Gasteiger partial charge < -0.3 is 20.3 Å². The molecule has 0 radical (unpaired) electrons. The maximum Gasteiger partial charge on any atom is 0.407 e. The average molecular weight is 241 g/mol. The van der Waals surface area contributed by atoms with Crippen LogP contribution in [0.5, 0.6) is 0 Å². The van der Waals surface area contributed by atoms with E-state index in [2.05, 4.69) is 10.6 Å². The highest BCUT2D eigenvalue weighted by molar-refractivity contribution is 5.75. The molecule has 0 aromatic heterocycles. The third-order valence-electron chi connectivity index (χ3n) is 3.37. The lowest BCUT2D eigenvalue weighted by molar-refractivity contribution is 0.0539. The Balaban J connectivity index is 2.00. The quantitative estimate of drug-likeness (QED) is 0.709. The Labute approximate surface area is 101 Å². The fourth-order valence-corrected chi connectivity index (χ4v) is 2.53. The van der Waals surface area contributed by atoms with Crippen molar-refractivity contribution in [1.29, 1.82) is 0 Å². The van der Waals surface area contributed by atoms with Gasteiger partial charge in [-0.25, -0.2) is 9.59 Å². The summed E-state index contributed by atoms with van der Waals surface area (Å²) >= 11 is 0. The summed E-state index contributed by atoms with van der Waals surface area (Å²) < 4.78 is 4.88. The Morgan fingerprint density at radius 1 is 1.59 bits per heavy atom. The number of likely N-dealkylation sites (tertiary alicyclic amines) is 1. The van der Waals surface area contributed by atoms with Gasteiger partial charge in [0.15, 0.2) is 0 Å². The second-order valence-electron chi connectivity index (χ2n) is 4.65. The minimum Gasteiger partial charge on any atom is -0.449 e. The Morgan fingerprint density at radius 2 is 2.41 bits per heavy atom. The molecule has 3 amide bonds. The van der Waals surface area contributed by atoms with Gasteiger partial charge in [-0.3, -0.25) is 0 Å². The summed E-state index contributed by atoms with van der Waals surface area (Å²) in [6, 6.07) is -0.0488. The molecule has 2 aliphatic heterocycles. The summed E-state index contributed by atoms with van der Waals surface area (Å²) in [5.41, 5.74) is -0.279. The highest BCUT2D eigenvalue weighted by atomic mass is 16.6. The number of nitrogens with zero attached hydrogens (tertiary/aromatic N) is 1. The van der Waals surface area contributed by atoms with Crippen molar-refractivity contribution in [3.05, 3.63) is 0 Å². The molecule has 0 aromatic carbocycles. The average Bonchev–Trinajstić information content (AvgIpc) is 2.29. The topological polar surface area (TPSA) is 70.7 Å². The first-order valence-corrected chi connectivity index (χ1v) is 6.13. The number of urea groups is 1. The molecule has 1 atom stereocenters. The van der Waals surface area contributed by atoms with Crippen LogP contribution in [0.2, 0.25) is 0 Å². The van der Waals surface area contributed by atoms with E-state index in [-0.39, 0.29) is 17.7 Å². The highest BCUT2D eigenvalue weighted by Crippen LogP contribution is 2.27. The number of cyclic esters (lactones) is 1. The predicted octanol–water partition coefficient (Wildman–Crippen LogP) is 0.680. The number of carbonyl (C=O) groups excluding carboxylic acids is 2. The Hall–Kier alpha value is -1.46. The smallest absolute Gasteiger partial charge is 0.407 e. The van der Waals surface area contributed by atoms with Gasteiger partial charge in [-0.2, -0.15) is 0 Å². The van der Waals surface area contributed by atoms with Gasteiger partial charge in [-0.05, 0) is 19.8 Å². The molecule has 96 valence electrons. The van der Waals surface area contributed by atoms with Crippen LogP contribution in [0.4, 0.5) is 9.59 Å². The number of ether oxygens (including phenoxy) is 1. The molecule has 2 N–H and O–H groups in total. The van der Waals surface area contributed by atoms with Crippen LogP contribution in [0.15, 0.2) is 0 Å². The van der Waals surface area contributed by atoms with Crippen molar-refractivity contribution in [1.82, 2.24) is 15.5 Å². The third kappa shape index (κ3) is 2.62. The molecule has 2 fully saturated rings. The number of hydrogen-bond acceptors (Lipinski definition) is 3. The van der Waals surface area contributed by atoms with E-state index in [1.165, 1.54) is 0 Å². The van der Waals surface area contributed by atoms with Crippen LogP contribution in [-0.2, 0) is 4.74 Å². The normalized spacial score (nSPS) is 28.5. The summed E-state index contributed by atoms with van der Waals surface area (Å²) in [7, 11) is 0. The van der Waals surface area contributed by atoms with Crippen LogP contribution in [0.3, 0.4) is 0 Å². The van der Waals surface area contributed by atoms with E-state index in [1.807, 2.05) is 6.92 Å². The van der Waals surface area contributed by atoms with Gasteiger partial charge in [0.05, 0.1) is 12.1 Å². The molecule has 2 aliphatic rings. The lowest BCUT2D eigenvalue weighted by Gasteiger charge is -2.44. The summed E-state index contributed by atoms with van der Waals surface area (Å²) in [6.07, 6.45) is 2.23. The molecule has 17 heavy (non-hydrogen) atoms. The third-order valence-corrected chi connectivity index (χ3v) is 3.37. The van der Waals surface area contributed by atoms with Gasteiger partial charge in [0.1, 0.15) is 0 Å². The molecule has 0 saturated carbocycles. The monoisotopic (exact) mass is 241 g/mol. The number of amides is 3. The summed E-state index contributed by atoms with van der Waals surface area (Å²) in [6.45, 7) is 4.29. The van der Waals surface area contributed by atoms with Gasteiger partial charge in [0.2, 0.25) is 0 Å². The van der Waals surface area contributed by atoms with Crippen molar-refractivity contribution < 1.29 is 14.3 Å². The van der Waals surface area contributed by atoms with Crippen LogP contribution >= 0.6 is 0 Å². The van der Waals surface area contributed by atoms with Crippen molar-refractivity contribution in [2.24, 2.45) is 0 Å². The summed E-state index contributed by atoms with van der Waals surface area (Å²) in [4.78, 5) is 24.8. The summed E-state index contributed by atoms with van der Waals surface area (Å²) in [5, 5.41) is 5.67. The standard InChI is InChI=1S/C11H19N3O3/c1-2-12-9(15)14-6-3-4-11(8-14)5-7-17-10(16)13-11/h2-8H2,1H3,(H,12,15)(H,13,16). The molecule has 1 spiro atoms. The van der Waals surface area contributed by atoms with Crippen LogP contribution < -0.4 is 10.6 Å². The second kappa shape index (κ2) is 4.81. The van der Waals surface area contributed by atoms with Gasteiger partial charge in [-0.1, -0.05) is 0 Å². The lowest BCUT2D eigenvalue weighted by Crippen LogP contribution is -2.63. The Bertz CT molecular complexity index is 317. The van der Waals surface area contributed by atoms with Crippen molar-refractivity contribution >= 4 is 12.1 Å². The first-order chi connectivity index (χ1) is 8.15. The molecule has 6 heteroatoms. The zero-order valence-electron chi connectivity index (χ0n) is 10.1. The number of piperidine rings is 1. The van der Waals surface area contributed by atoms with Gasteiger partial charge >= 0.3 is 12.1 Å². The molecule has 2 saturated heterocycles. The maximum absolute atomic E-state index is 11.8. The summed E-state index contributed by atoms with van der Waals surface area (Å²) in [5.74, 6) is 0. The number of nitrogens with one attached hydrogen (secondary N) is 2. The van der Waals surface area contributed by atoms with Crippen molar-refractivity contribution in [3.8, 4) is 0 Å². The van der Waals surface area contributed by atoms with Gasteiger partial charge in [0.25, 0.3) is 0 Å². The number of carbonyl (C=O) groups is 2. The van der Waals surface area contributed by atoms with E-state index in [1.54, 1.807) is 4.90 Å². The predicted molar refractivity (Wildman–Crippen MR) is 61.7 cm³/mol. The van der Waals surface area contributed by atoms with Gasteiger partial charge in [0, 0.05) is 26.1 Å². The zero-order chi connectivity index (χ0) is 12.3. The molecule has 6 nitrogen and oxygen atoms in total. The van der Waals surface area contributed by atoms with E-state index in [9.17, 15) is 9.59 Å². The molecular weight excluding hydrogens is 222 g/mol. The minimum absolute atomic E-state index is 0.0488. The molecule has 0 aliphatic carbocycles. The van der Waals surface area contributed by atoms with Crippen molar-refractivity contribution in [2.45, 2.75) is 31.7 Å². The number of rotatable bonds is 1. The minimum atomic E-state index is -0.367. The zero-order valence-corrected chi connectivity index (χ0v) is 10.1. The molecule has 1 unspecified atom stereocenters. The Kier molecular flexibility index (Phi) is 3.40. The largest absolute Gasteiger partial charge is 0.449 e. The molecule has 2 heterocycles. The van der Waals surface area contributed by atoms with E-state index in [0.29, 0.717) is 19.7 Å². The fraction of sp³-hybridized carbons (Fsp3) is 0.818. The lowest BCUT2D eigenvalue weighted by atomic mass is 9.85. The number of hydrogen-bond donors (Lipinski definition) is 2. The van der Waals surface area contributed by atoms with Crippen LogP contribution in [0.25, 0.3) is 0 Å². The van der Waals surface area contributed by atoms with E-state index in [0.717, 1.165) is 25.8 Å². The van der Waals surface area contributed by atoms with Crippen LogP contribution in [0.1, 0.15) is 26.2 Å². The molecule has 2 rings (SSSR count). The van der Waals surface area contributed by atoms with Gasteiger partial charge in [-0.15, -0.1) is 0 Å². The van der Waals surface area contributed by atoms with E-state index >= 15 is 0 Å². The van der Waals surface area contributed by atoms with Crippen molar-refractivity contribution in [2.75, 3.05) is 26.2 Å². The van der Waals surface area contributed by atoms with E-state index < -0.39 is 0 Å². The van der Waals surface area contributed by atoms with Crippen molar-refractivity contribution in [3.63, 3.8) is 0 Å². The fourth-order valence-electron chi connectivity index (χ4n) is 2.53.